The summed E-state index contributed by atoms with van der Waals surface area (Å²) in [6.07, 6.45) is 1.58. The molecule has 5 heteroatoms. The molecule has 0 aliphatic heterocycles. The Morgan fingerprint density at radius 2 is 2.17 bits per heavy atom. The average Bonchev–Trinajstić information content (AvgIpc) is 2.85. The Bertz CT molecular complexity index is 681. The van der Waals surface area contributed by atoms with Gasteiger partial charge in [-0.15, -0.1) is 11.3 Å². The fourth-order valence-electron chi connectivity index (χ4n) is 1.75. The Morgan fingerprint density at radius 3 is 3.06 bits per heavy atom. The van der Waals surface area contributed by atoms with Gasteiger partial charge in [0.2, 0.25) is 0 Å². The van der Waals surface area contributed by atoms with E-state index in [0.29, 0.717) is 6.54 Å². The van der Waals surface area contributed by atoms with Crippen molar-refractivity contribution in [1.82, 2.24) is 9.97 Å². The SMILES string of the molecule is Clc1cccc(CNc2ncnc3ccsc23)c1. The van der Waals surface area contributed by atoms with Crippen molar-refractivity contribution in [2.75, 3.05) is 5.32 Å². The molecule has 0 amide bonds. The second-order valence-electron chi connectivity index (χ2n) is 3.84. The predicted octanol–water partition coefficient (Wildman–Crippen LogP) is 3.96. The van der Waals surface area contributed by atoms with Gasteiger partial charge in [-0.05, 0) is 29.1 Å². The highest BCUT2D eigenvalue weighted by molar-refractivity contribution is 7.17. The summed E-state index contributed by atoms with van der Waals surface area (Å²) in [5.41, 5.74) is 2.11. The van der Waals surface area contributed by atoms with E-state index in [2.05, 4.69) is 15.3 Å². The number of nitrogens with one attached hydrogen (secondary N) is 1. The lowest BCUT2D eigenvalue weighted by Gasteiger charge is -2.06. The van der Waals surface area contributed by atoms with Crippen LogP contribution in [-0.2, 0) is 6.54 Å². The third-order valence-corrected chi connectivity index (χ3v) is 3.74. The Hall–Kier alpha value is -1.65. The van der Waals surface area contributed by atoms with E-state index < -0.39 is 0 Å². The molecule has 0 aliphatic carbocycles. The minimum Gasteiger partial charge on any atom is -0.365 e. The first-order valence-electron chi connectivity index (χ1n) is 5.49. The van der Waals surface area contributed by atoms with Gasteiger partial charge in [0.1, 0.15) is 12.1 Å². The lowest BCUT2D eigenvalue weighted by Crippen LogP contribution is -2.01. The number of anilines is 1. The maximum Gasteiger partial charge on any atom is 0.147 e. The lowest BCUT2D eigenvalue weighted by atomic mass is 10.2. The van der Waals surface area contributed by atoms with Crippen molar-refractivity contribution in [3.63, 3.8) is 0 Å². The largest absolute Gasteiger partial charge is 0.365 e. The summed E-state index contributed by atoms with van der Waals surface area (Å²) in [5, 5.41) is 6.08. The van der Waals surface area contributed by atoms with E-state index >= 15 is 0 Å². The Morgan fingerprint density at radius 1 is 1.22 bits per heavy atom. The first-order valence-corrected chi connectivity index (χ1v) is 6.75. The lowest BCUT2D eigenvalue weighted by molar-refractivity contribution is 1.11. The Kier molecular flexibility index (Phi) is 3.13. The maximum atomic E-state index is 5.95. The number of fused-ring (bicyclic) bond motifs is 1. The Labute approximate surface area is 113 Å². The summed E-state index contributed by atoms with van der Waals surface area (Å²) in [5.74, 6) is 0.870. The summed E-state index contributed by atoms with van der Waals surface area (Å²) >= 11 is 7.59. The molecule has 0 aliphatic rings. The number of aromatic nitrogens is 2. The minimum atomic E-state index is 0.699. The molecule has 3 nitrogen and oxygen atoms in total. The standard InChI is InChI=1S/C13H10ClN3S/c14-10-3-1-2-9(6-10)7-15-13-12-11(4-5-18-12)16-8-17-13/h1-6,8H,7H2,(H,15,16,17). The van der Waals surface area contributed by atoms with Gasteiger partial charge in [-0.25, -0.2) is 9.97 Å². The summed E-state index contributed by atoms with van der Waals surface area (Å²) in [4.78, 5) is 8.48. The van der Waals surface area contributed by atoms with Crippen LogP contribution >= 0.6 is 22.9 Å². The molecule has 0 saturated heterocycles. The average molecular weight is 276 g/mol. The molecule has 1 N–H and O–H groups in total. The van der Waals surface area contributed by atoms with Crippen LogP contribution in [0.15, 0.2) is 42.0 Å². The van der Waals surface area contributed by atoms with E-state index in [9.17, 15) is 0 Å². The van der Waals surface area contributed by atoms with Crippen LogP contribution in [0, 0.1) is 0 Å². The molecule has 18 heavy (non-hydrogen) atoms. The van der Waals surface area contributed by atoms with Crippen LogP contribution in [0.1, 0.15) is 5.56 Å². The first kappa shape index (κ1) is 11.4. The van der Waals surface area contributed by atoms with Crippen LogP contribution < -0.4 is 5.32 Å². The van der Waals surface area contributed by atoms with Gasteiger partial charge in [-0.3, -0.25) is 0 Å². The zero-order valence-corrected chi connectivity index (χ0v) is 11.0. The molecule has 0 radical (unpaired) electrons. The third-order valence-electron chi connectivity index (χ3n) is 2.59. The summed E-state index contributed by atoms with van der Waals surface area (Å²) in [6.45, 7) is 0.699. The Balaban J connectivity index is 1.83. The van der Waals surface area contributed by atoms with Crippen LogP contribution in [0.2, 0.25) is 5.02 Å². The number of benzene rings is 1. The van der Waals surface area contributed by atoms with Crippen LogP contribution in [-0.4, -0.2) is 9.97 Å². The van der Waals surface area contributed by atoms with E-state index in [1.807, 2.05) is 35.7 Å². The molecule has 1 aromatic carbocycles. The third kappa shape index (κ3) is 2.30. The fourth-order valence-corrected chi connectivity index (χ4v) is 2.77. The molecular formula is C13H10ClN3S. The normalized spacial score (nSPS) is 10.7. The number of hydrogen-bond donors (Lipinski definition) is 1. The van der Waals surface area contributed by atoms with Gasteiger partial charge < -0.3 is 5.32 Å². The number of nitrogens with zero attached hydrogens (tertiary/aromatic N) is 2. The van der Waals surface area contributed by atoms with E-state index in [0.717, 1.165) is 26.6 Å². The second-order valence-corrected chi connectivity index (χ2v) is 5.19. The molecule has 3 rings (SSSR count). The van der Waals surface area contributed by atoms with Crippen LogP contribution in [0.25, 0.3) is 10.2 Å². The van der Waals surface area contributed by atoms with Crippen molar-refractivity contribution in [2.45, 2.75) is 6.54 Å². The highest BCUT2D eigenvalue weighted by Crippen LogP contribution is 2.25. The number of halogens is 1. The number of thiophene rings is 1. The molecule has 0 unspecified atom stereocenters. The zero-order valence-electron chi connectivity index (χ0n) is 9.43. The quantitative estimate of drug-likeness (QED) is 0.786. The van der Waals surface area contributed by atoms with Gasteiger partial charge >= 0.3 is 0 Å². The van der Waals surface area contributed by atoms with Crippen LogP contribution in [0.3, 0.4) is 0 Å². The van der Waals surface area contributed by atoms with Gasteiger partial charge in [0, 0.05) is 11.6 Å². The maximum absolute atomic E-state index is 5.95. The topological polar surface area (TPSA) is 37.8 Å². The van der Waals surface area contributed by atoms with Crippen molar-refractivity contribution < 1.29 is 0 Å². The van der Waals surface area contributed by atoms with Crippen molar-refractivity contribution in [3.8, 4) is 0 Å². The molecule has 0 spiro atoms. The van der Waals surface area contributed by atoms with Gasteiger partial charge in [0.05, 0.1) is 10.2 Å². The van der Waals surface area contributed by atoms with Crippen molar-refractivity contribution in [3.05, 3.63) is 52.6 Å². The molecule has 0 atom stereocenters. The summed E-state index contributed by atoms with van der Waals surface area (Å²) < 4.78 is 1.08. The molecule has 2 aromatic heterocycles. The van der Waals surface area contributed by atoms with Crippen molar-refractivity contribution in [1.29, 1.82) is 0 Å². The van der Waals surface area contributed by atoms with Gasteiger partial charge in [-0.2, -0.15) is 0 Å². The number of hydrogen-bond acceptors (Lipinski definition) is 4. The van der Waals surface area contributed by atoms with E-state index in [1.54, 1.807) is 17.7 Å². The highest BCUT2D eigenvalue weighted by Gasteiger charge is 2.04. The van der Waals surface area contributed by atoms with E-state index in [1.165, 1.54) is 0 Å². The zero-order chi connectivity index (χ0) is 12.4. The van der Waals surface area contributed by atoms with Crippen LogP contribution in [0.4, 0.5) is 5.82 Å². The van der Waals surface area contributed by atoms with Crippen LogP contribution in [0.5, 0.6) is 0 Å². The molecule has 3 aromatic rings. The van der Waals surface area contributed by atoms with Crippen molar-refractivity contribution >= 4 is 39.0 Å². The van der Waals surface area contributed by atoms with Gasteiger partial charge in [0.15, 0.2) is 0 Å². The first-order chi connectivity index (χ1) is 8.83. The second kappa shape index (κ2) is 4.92. The smallest absolute Gasteiger partial charge is 0.147 e. The molecule has 2 heterocycles. The predicted molar refractivity (Wildman–Crippen MR) is 76.2 cm³/mol. The summed E-state index contributed by atoms with van der Waals surface area (Å²) in [6, 6.07) is 9.78. The summed E-state index contributed by atoms with van der Waals surface area (Å²) in [7, 11) is 0. The highest BCUT2D eigenvalue weighted by atomic mass is 35.5. The molecule has 0 saturated carbocycles. The molecule has 90 valence electrons. The molecular weight excluding hydrogens is 266 g/mol. The molecule has 0 fully saturated rings. The minimum absolute atomic E-state index is 0.699. The fraction of sp³-hybridized carbons (Fsp3) is 0.0769. The van der Waals surface area contributed by atoms with Gasteiger partial charge in [0.25, 0.3) is 0 Å². The van der Waals surface area contributed by atoms with E-state index in [-0.39, 0.29) is 0 Å². The van der Waals surface area contributed by atoms with Crippen molar-refractivity contribution in [2.24, 2.45) is 0 Å². The number of rotatable bonds is 3. The monoisotopic (exact) mass is 275 g/mol. The van der Waals surface area contributed by atoms with Gasteiger partial charge in [-0.1, -0.05) is 23.7 Å². The van der Waals surface area contributed by atoms with E-state index in [4.69, 9.17) is 11.6 Å². The molecule has 0 bridgehead atoms.